The summed E-state index contributed by atoms with van der Waals surface area (Å²) in [7, 11) is -3.77. The van der Waals surface area contributed by atoms with Crippen LogP contribution in [-0.4, -0.2) is 69.8 Å². The molecule has 0 aliphatic carbocycles. The summed E-state index contributed by atoms with van der Waals surface area (Å²) >= 11 is 1.46. The van der Waals surface area contributed by atoms with Crippen LogP contribution in [0.1, 0.15) is 47.2 Å². The van der Waals surface area contributed by atoms with Crippen molar-refractivity contribution in [2.75, 3.05) is 45.6 Å². The van der Waals surface area contributed by atoms with E-state index in [0.717, 1.165) is 87.6 Å². The second-order valence-corrected chi connectivity index (χ2v) is 11.7. The third-order valence-corrected chi connectivity index (χ3v) is 8.77. The molecule has 4 rings (SSSR count). The van der Waals surface area contributed by atoms with E-state index in [9.17, 15) is 13.2 Å². The standard InChI is InChI=1S/C26H35N3O4S2/c1-34-25-10-9-23(18-24(25)26(30)29-11-4-2-3-5-12-29)35(31,32)27-19-21-7-6-8-22(17-21)20-28-13-15-33-16-14-28/h6-10,17-18,27H,2-5,11-16,19-20H2,1H3. The maximum Gasteiger partial charge on any atom is 0.255 e. The van der Waals surface area contributed by atoms with Gasteiger partial charge in [0, 0.05) is 44.2 Å². The van der Waals surface area contributed by atoms with Crippen molar-refractivity contribution in [3.63, 3.8) is 0 Å². The molecule has 0 saturated carbocycles. The minimum Gasteiger partial charge on any atom is -0.379 e. The lowest BCUT2D eigenvalue weighted by Crippen LogP contribution is -2.35. The number of nitrogens with zero attached hydrogens (tertiary/aromatic N) is 2. The van der Waals surface area contributed by atoms with Crippen LogP contribution in [-0.2, 0) is 27.8 Å². The van der Waals surface area contributed by atoms with Crippen LogP contribution in [0.2, 0.25) is 0 Å². The molecule has 0 bridgehead atoms. The van der Waals surface area contributed by atoms with Crippen LogP contribution in [0.25, 0.3) is 0 Å². The Morgan fingerprint density at radius 1 is 0.971 bits per heavy atom. The number of morpholine rings is 1. The summed E-state index contributed by atoms with van der Waals surface area (Å²) in [6.07, 6.45) is 6.15. The van der Waals surface area contributed by atoms with Crippen molar-refractivity contribution < 1.29 is 17.9 Å². The molecule has 2 aliphatic rings. The number of amides is 1. The number of benzene rings is 2. The molecule has 35 heavy (non-hydrogen) atoms. The molecule has 2 aliphatic heterocycles. The van der Waals surface area contributed by atoms with E-state index in [1.54, 1.807) is 12.1 Å². The van der Waals surface area contributed by atoms with Crippen molar-refractivity contribution in [2.24, 2.45) is 0 Å². The first-order chi connectivity index (χ1) is 17.0. The number of carbonyl (C=O) groups excluding carboxylic acids is 1. The number of thioether (sulfide) groups is 1. The average Bonchev–Trinajstić information content (AvgIpc) is 3.17. The summed E-state index contributed by atoms with van der Waals surface area (Å²) in [6, 6.07) is 12.9. The second-order valence-electron chi connectivity index (χ2n) is 9.10. The second kappa shape index (κ2) is 12.4. The Bertz CT molecular complexity index is 1110. The molecule has 2 heterocycles. The molecular formula is C26H35N3O4S2. The van der Waals surface area contributed by atoms with Gasteiger partial charge in [0.2, 0.25) is 10.0 Å². The monoisotopic (exact) mass is 517 g/mol. The zero-order valence-electron chi connectivity index (χ0n) is 20.4. The molecule has 0 atom stereocenters. The molecule has 7 nitrogen and oxygen atoms in total. The van der Waals surface area contributed by atoms with Crippen molar-refractivity contribution in [1.29, 1.82) is 0 Å². The van der Waals surface area contributed by atoms with Crippen LogP contribution in [0.4, 0.5) is 0 Å². The maximum atomic E-state index is 13.3. The van der Waals surface area contributed by atoms with E-state index in [2.05, 4.69) is 15.7 Å². The Balaban J connectivity index is 1.46. The first kappa shape index (κ1) is 26.2. The molecule has 0 radical (unpaired) electrons. The summed E-state index contributed by atoms with van der Waals surface area (Å²) in [4.78, 5) is 18.4. The summed E-state index contributed by atoms with van der Waals surface area (Å²) < 4.78 is 34.4. The van der Waals surface area contributed by atoms with E-state index in [0.29, 0.717) is 5.56 Å². The fourth-order valence-electron chi connectivity index (χ4n) is 4.58. The van der Waals surface area contributed by atoms with Crippen LogP contribution < -0.4 is 4.72 Å². The highest BCUT2D eigenvalue weighted by molar-refractivity contribution is 7.98. The summed E-state index contributed by atoms with van der Waals surface area (Å²) in [6.45, 7) is 5.77. The molecule has 2 saturated heterocycles. The smallest absolute Gasteiger partial charge is 0.255 e. The first-order valence-electron chi connectivity index (χ1n) is 12.3. The van der Waals surface area contributed by atoms with E-state index in [1.165, 1.54) is 17.8 Å². The molecule has 0 unspecified atom stereocenters. The zero-order valence-corrected chi connectivity index (χ0v) is 22.0. The molecule has 0 spiro atoms. The number of hydrogen-bond donors (Lipinski definition) is 1. The van der Waals surface area contributed by atoms with Crippen molar-refractivity contribution in [2.45, 2.75) is 48.6 Å². The van der Waals surface area contributed by atoms with Crippen LogP contribution in [0.15, 0.2) is 52.3 Å². The molecule has 190 valence electrons. The topological polar surface area (TPSA) is 79.0 Å². The number of carbonyl (C=O) groups is 1. The van der Waals surface area contributed by atoms with Crippen LogP contribution in [0.5, 0.6) is 0 Å². The number of ether oxygens (including phenoxy) is 1. The molecule has 2 aromatic rings. The van der Waals surface area contributed by atoms with Gasteiger partial charge in [-0.1, -0.05) is 37.1 Å². The Labute approximate surface area is 213 Å². The van der Waals surface area contributed by atoms with Crippen molar-refractivity contribution in [3.05, 3.63) is 59.2 Å². The fourth-order valence-corrected chi connectivity index (χ4v) is 6.20. The fraction of sp³-hybridized carbons (Fsp3) is 0.500. The Morgan fingerprint density at radius 2 is 1.69 bits per heavy atom. The van der Waals surface area contributed by atoms with Crippen molar-refractivity contribution in [1.82, 2.24) is 14.5 Å². The highest BCUT2D eigenvalue weighted by Gasteiger charge is 2.23. The maximum absolute atomic E-state index is 13.3. The van der Waals surface area contributed by atoms with E-state index in [-0.39, 0.29) is 17.3 Å². The van der Waals surface area contributed by atoms with Gasteiger partial charge in [0.25, 0.3) is 5.91 Å². The number of sulfonamides is 1. The molecular weight excluding hydrogens is 482 g/mol. The van der Waals surface area contributed by atoms with Gasteiger partial charge in [0.05, 0.1) is 23.7 Å². The number of nitrogens with one attached hydrogen (secondary N) is 1. The van der Waals surface area contributed by atoms with Gasteiger partial charge >= 0.3 is 0 Å². The zero-order chi connectivity index (χ0) is 24.7. The van der Waals surface area contributed by atoms with Crippen LogP contribution in [0.3, 0.4) is 0 Å². The third-order valence-electron chi connectivity index (χ3n) is 6.57. The predicted octanol–water partition coefficient (Wildman–Crippen LogP) is 3.74. The average molecular weight is 518 g/mol. The van der Waals surface area contributed by atoms with E-state index >= 15 is 0 Å². The normalized spacial score (nSPS) is 17.8. The Hall–Kier alpha value is -1.91. The van der Waals surface area contributed by atoms with Gasteiger partial charge in [-0.05, 0) is 48.4 Å². The SMILES string of the molecule is CSc1ccc(S(=O)(=O)NCc2cccc(CN3CCOCC3)c2)cc1C(=O)N1CCCCCC1. The van der Waals surface area contributed by atoms with Gasteiger partial charge in [0.15, 0.2) is 0 Å². The van der Waals surface area contributed by atoms with Crippen molar-refractivity contribution >= 4 is 27.7 Å². The summed E-state index contributed by atoms with van der Waals surface area (Å²) in [5, 5.41) is 0. The van der Waals surface area contributed by atoms with Gasteiger partial charge in [-0.25, -0.2) is 13.1 Å². The number of rotatable bonds is 8. The number of hydrogen-bond acceptors (Lipinski definition) is 6. The van der Waals surface area contributed by atoms with E-state index < -0.39 is 10.0 Å². The lowest BCUT2D eigenvalue weighted by atomic mass is 10.1. The third kappa shape index (κ3) is 7.07. The lowest BCUT2D eigenvalue weighted by molar-refractivity contribution is 0.0342. The predicted molar refractivity (Wildman–Crippen MR) is 139 cm³/mol. The Morgan fingerprint density at radius 3 is 2.40 bits per heavy atom. The van der Waals surface area contributed by atoms with Crippen molar-refractivity contribution in [3.8, 4) is 0 Å². The molecule has 9 heteroatoms. The minimum absolute atomic E-state index is 0.0795. The van der Waals surface area contributed by atoms with Gasteiger partial charge < -0.3 is 9.64 Å². The quantitative estimate of drug-likeness (QED) is 0.538. The molecule has 1 amide bonds. The van der Waals surface area contributed by atoms with Gasteiger partial charge in [-0.2, -0.15) is 0 Å². The Kier molecular flexibility index (Phi) is 9.24. The van der Waals surface area contributed by atoms with Crippen LogP contribution in [0, 0.1) is 0 Å². The summed E-state index contributed by atoms with van der Waals surface area (Å²) in [5.74, 6) is -0.0795. The minimum atomic E-state index is -3.77. The number of likely N-dealkylation sites (tertiary alicyclic amines) is 1. The molecule has 1 N–H and O–H groups in total. The first-order valence-corrected chi connectivity index (χ1v) is 15.0. The van der Waals surface area contributed by atoms with Gasteiger partial charge in [-0.15, -0.1) is 11.8 Å². The summed E-state index contributed by atoms with van der Waals surface area (Å²) in [5.41, 5.74) is 2.52. The highest BCUT2D eigenvalue weighted by Crippen LogP contribution is 2.26. The van der Waals surface area contributed by atoms with Gasteiger partial charge in [-0.3, -0.25) is 9.69 Å². The molecule has 2 aromatic carbocycles. The largest absolute Gasteiger partial charge is 0.379 e. The van der Waals surface area contributed by atoms with Crippen LogP contribution >= 0.6 is 11.8 Å². The van der Waals surface area contributed by atoms with E-state index in [1.807, 2.05) is 29.4 Å². The molecule has 0 aromatic heterocycles. The highest BCUT2D eigenvalue weighted by atomic mass is 32.2. The van der Waals surface area contributed by atoms with Gasteiger partial charge in [0.1, 0.15) is 0 Å². The van der Waals surface area contributed by atoms with E-state index in [4.69, 9.17) is 4.74 Å². The lowest BCUT2D eigenvalue weighted by Gasteiger charge is -2.26. The molecule has 2 fully saturated rings.